The standard InChI is InChI=1S/C32H32ClN5O3/c1-5-40-31-17-29-27(15-22(31)14-26(39)10-7-13-38(3)4)32(23(18-34)19-35-29)37-24-11-12-30(28(33)16-24)41-20-25-9-6-8-21(2)36-25/h6-12,15-17,19H,5,13-14,20H2,1-4H3,(H,35,37)/b10-7+/i6D,8D,9D,10D,11D,12D,15D,16D,17D,19D. The van der Waals surface area contributed by atoms with Crippen LogP contribution < -0.4 is 14.8 Å². The number of aryl methyl sites for hydroxylation is 1. The summed E-state index contributed by atoms with van der Waals surface area (Å²) < 4.78 is 96.0. The van der Waals surface area contributed by atoms with Gasteiger partial charge in [0.1, 0.15) is 24.2 Å². The van der Waals surface area contributed by atoms with Gasteiger partial charge >= 0.3 is 0 Å². The van der Waals surface area contributed by atoms with Crippen molar-refractivity contribution in [2.75, 3.05) is 32.6 Å². The second kappa shape index (κ2) is 13.8. The number of ketones is 1. The number of nitrogens with zero attached hydrogens (tertiary/aromatic N) is 4. The van der Waals surface area contributed by atoms with Crippen LogP contribution in [0.25, 0.3) is 10.9 Å². The largest absolute Gasteiger partial charge is 0.494 e. The summed E-state index contributed by atoms with van der Waals surface area (Å²) in [5, 5.41) is 12.1. The number of ether oxygens (including phenoxy) is 2. The van der Waals surface area contributed by atoms with Gasteiger partial charge in [0.15, 0.2) is 5.78 Å². The molecule has 0 atom stereocenters. The maximum absolute atomic E-state index is 13.1. The number of nitrogens with one attached hydrogen (secondary N) is 1. The van der Waals surface area contributed by atoms with Crippen LogP contribution in [0.1, 0.15) is 43.1 Å². The number of fused-ring (bicyclic) bond motifs is 1. The third-order valence-corrected chi connectivity index (χ3v) is 5.61. The summed E-state index contributed by atoms with van der Waals surface area (Å²) >= 11 is 6.48. The van der Waals surface area contributed by atoms with Gasteiger partial charge in [-0.3, -0.25) is 14.8 Å². The number of carbonyl (C=O) groups is 1. The van der Waals surface area contributed by atoms with Crippen LogP contribution in [0, 0.1) is 18.3 Å². The van der Waals surface area contributed by atoms with Gasteiger partial charge in [-0.1, -0.05) is 23.7 Å². The Balaban J connectivity index is 1.90. The van der Waals surface area contributed by atoms with Gasteiger partial charge in [0.25, 0.3) is 0 Å². The number of benzene rings is 2. The quantitative estimate of drug-likeness (QED) is 0.192. The Kier molecular flexibility index (Phi) is 6.31. The van der Waals surface area contributed by atoms with Crippen molar-refractivity contribution in [2.24, 2.45) is 0 Å². The average Bonchev–Trinajstić information content (AvgIpc) is 3.09. The maximum atomic E-state index is 13.1. The molecule has 0 saturated carbocycles. The molecule has 4 aromatic rings. The molecule has 0 fully saturated rings. The summed E-state index contributed by atoms with van der Waals surface area (Å²) in [6.07, 6.45) is 0.267. The molecule has 0 aliphatic rings. The van der Waals surface area contributed by atoms with Gasteiger partial charge in [-0.05, 0) is 70.2 Å². The maximum Gasteiger partial charge on any atom is 0.159 e. The molecular weight excluding hydrogens is 538 g/mol. The number of allylic oxidation sites excluding steroid dienone is 1. The number of likely N-dealkylation sites (N-methyl/N-ethyl adjacent to an activating group) is 1. The molecule has 0 radical (unpaired) electrons. The Labute approximate surface area is 259 Å². The molecule has 0 aliphatic heterocycles. The summed E-state index contributed by atoms with van der Waals surface area (Å²) in [6, 6.07) is -2.12. The third kappa shape index (κ3) is 7.82. The van der Waals surface area contributed by atoms with Crippen LogP contribution in [0.5, 0.6) is 11.5 Å². The Morgan fingerprint density at radius 3 is 2.80 bits per heavy atom. The molecule has 2 aromatic heterocycles. The van der Waals surface area contributed by atoms with E-state index >= 15 is 0 Å². The third-order valence-electron chi connectivity index (χ3n) is 5.35. The minimum Gasteiger partial charge on any atom is -0.494 e. The fourth-order valence-electron chi connectivity index (χ4n) is 3.54. The molecule has 4 rings (SSSR count). The van der Waals surface area contributed by atoms with Gasteiger partial charge in [-0.25, -0.2) is 0 Å². The molecule has 8 nitrogen and oxygen atoms in total. The molecule has 1 N–H and O–H groups in total. The van der Waals surface area contributed by atoms with Crippen LogP contribution in [-0.4, -0.2) is 47.9 Å². The number of carbonyl (C=O) groups excluding carboxylic acids is 1. The van der Waals surface area contributed by atoms with E-state index in [2.05, 4.69) is 15.3 Å². The number of anilines is 2. The summed E-state index contributed by atoms with van der Waals surface area (Å²) in [4.78, 5) is 23.1. The minimum atomic E-state index is -0.675. The van der Waals surface area contributed by atoms with E-state index in [0.29, 0.717) is 6.54 Å². The van der Waals surface area contributed by atoms with E-state index in [1.54, 1.807) is 25.9 Å². The van der Waals surface area contributed by atoms with Crippen molar-refractivity contribution in [3.63, 3.8) is 0 Å². The Hall–Kier alpha value is -4.45. The predicted octanol–water partition coefficient (Wildman–Crippen LogP) is 6.41. The fraction of sp³-hybridized carbons (Fsp3) is 0.250. The van der Waals surface area contributed by atoms with Gasteiger partial charge in [-0.2, -0.15) is 5.26 Å². The molecule has 0 saturated heterocycles. The van der Waals surface area contributed by atoms with Crippen LogP contribution in [0.3, 0.4) is 0 Å². The van der Waals surface area contributed by atoms with Crippen LogP contribution in [0.2, 0.25) is 5.02 Å². The molecular formula is C32H32ClN5O3. The number of halogens is 1. The van der Waals surface area contributed by atoms with Gasteiger partial charge in [0.05, 0.1) is 47.8 Å². The molecule has 9 heteroatoms. The number of aromatic nitrogens is 2. The number of nitriles is 1. The van der Waals surface area contributed by atoms with Crippen molar-refractivity contribution in [3.8, 4) is 17.6 Å². The Morgan fingerprint density at radius 1 is 1.22 bits per heavy atom. The summed E-state index contributed by atoms with van der Waals surface area (Å²) in [5.41, 5.74) is -1.35. The molecule has 41 heavy (non-hydrogen) atoms. The summed E-state index contributed by atoms with van der Waals surface area (Å²) in [5.74, 6) is -1.25. The molecule has 2 aromatic carbocycles. The number of rotatable bonds is 12. The molecule has 0 spiro atoms. The van der Waals surface area contributed by atoms with Gasteiger partial charge in [0.2, 0.25) is 0 Å². The normalized spacial score (nSPS) is 14.8. The average molecular weight is 580 g/mol. The van der Waals surface area contributed by atoms with Crippen molar-refractivity contribution in [1.29, 1.82) is 5.26 Å². The zero-order valence-corrected chi connectivity index (χ0v) is 23.6. The van der Waals surface area contributed by atoms with Crippen molar-refractivity contribution in [2.45, 2.75) is 26.9 Å². The minimum absolute atomic E-state index is 0.0327. The van der Waals surface area contributed by atoms with Crippen molar-refractivity contribution in [1.82, 2.24) is 14.9 Å². The first-order valence-electron chi connectivity index (χ1n) is 17.4. The lowest BCUT2D eigenvalue weighted by atomic mass is 10.0. The number of hydrogen-bond donors (Lipinski definition) is 1. The second-order valence-corrected chi connectivity index (χ2v) is 9.21. The topological polar surface area (TPSA) is 100 Å². The van der Waals surface area contributed by atoms with Crippen molar-refractivity contribution in [3.05, 3.63) is 94.2 Å². The number of hydrogen-bond acceptors (Lipinski definition) is 8. The number of pyridine rings is 2. The van der Waals surface area contributed by atoms with Crippen LogP contribution in [-0.2, 0) is 17.8 Å². The highest BCUT2D eigenvalue weighted by Crippen LogP contribution is 2.36. The molecule has 0 amide bonds. The SMILES string of the molecule is [2H]/C(=C\CN(C)C)C(=O)Cc1c(OCC)c([2H])c2nc([2H])c(C#N)c(Nc3c([2H])c([2H])c(OCc4nc(C)c([2H])c([2H])c4[2H])c(Cl)c3[2H])c2c1[2H]. The lowest BCUT2D eigenvalue weighted by Gasteiger charge is -2.16. The van der Waals surface area contributed by atoms with E-state index < -0.39 is 77.2 Å². The van der Waals surface area contributed by atoms with Crippen LogP contribution in [0.4, 0.5) is 11.4 Å². The predicted molar refractivity (Wildman–Crippen MR) is 162 cm³/mol. The van der Waals surface area contributed by atoms with E-state index in [4.69, 9.17) is 34.8 Å². The van der Waals surface area contributed by atoms with E-state index in [0.717, 1.165) is 0 Å². The zero-order valence-electron chi connectivity index (χ0n) is 32.8. The Bertz CT molecular complexity index is 2130. The van der Waals surface area contributed by atoms with Gasteiger partial charge < -0.3 is 19.7 Å². The molecule has 2 heterocycles. The van der Waals surface area contributed by atoms with Crippen molar-refractivity contribution < 1.29 is 28.0 Å². The second-order valence-electron chi connectivity index (χ2n) is 8.84. The highest BCUT2D eigenvalue weighted by atomic mass is 35.5. The van der Waals surface area contributed by atoms with Crippen molar-refractivity contribution >= 4 is 39.7 Å². The van der Waals surface area contributed by atoms with E-state index in [-0.39, 0.29) is 70.1 Å². The van der Waals surface area contributed by atoms with Crippen LogP contribution in [0.15, 0.2) is 66.6 Å². The highest BCUT2D eigenvalue weighted by Gasteiger charge is 2.16. The first-order chi connectivity index (χ1) is 24.0. The summed E-state index contributed by atoms with van der Waals surface area (Å²) in [6.45, 7) is 2.99. The first kappa shape index (κ1) is 18.8. The lowest BCUT2D eigenvalue weighted by molar-refractivity contribution is -0.114. The van der Waals surface area contributed by atoms with Gasteiger partial charge in [0, 0.05) is 47.5 Å². The van der Waals surface area contributed by atoms with Crippen LogP contribution >= 0.6 is 11.6 Å². The Morgan fingerprint density at radius 2 is 2.05 bits per heavy atom. The smallest absolute Gasteiger partial charge is 0.159 e. The van der Waals surface area contributed by atoms with E-state index in [9.17, 15) is 10.1 Å². The monoisotopic (exact) mass is 579 g/mol. The molecule has 210 valence electrons. The zero-order chi connectivity index (χ0) is 38.1. The molecule has 0 aliphatic carbocycles. The highest BCUT2D eigenvalue weighted by molar-refractivity contribution is 6.32. The molecule has 0 unspecified atom stereocenters. The fourth-order valence-corrected chi connectivity index (χ4v) is 3.74. The molecule has 0 bridgehead atoms. The first-order valence-corrected chi connectivity index (χ1v) is 12.8. The van der Waals surface area contributed by atoms with E-state index in [1.165, 1.54) is 13.0 Å². The van der Waals surface area contributed by atoms with E-state index in [1.807, 2.05) is 6.07 Å². The lowest BCUT2D eigenvalue weighted by Crippen LogP contribution is -2.11. The summed E-state index contributed by atoms with van der Waals surface area (Å²) in [7, 11) is 3.52. The van der Waals surface area contributed by atoms with Gasteiger partial charge in [-0.15, -0.1) is 0 Å².